The molecule has 2 aliphatic rings. The molecule has 12 nitrogen and oxygen atoms in total. The smallest absolute Gasteiger partial charge is 0.407 e. The lowest BCUT2D eigenvalue weighted by molar-refractivity contribution is 0.0508. The van der Waals surface area contributed by atoms with Crippen LogP contribution < -0.4 is 14.9 Å². The molecular formula is C29H38ClN7O5S. The van der Waals surface area contributed by atoms with Crippen molar-refractivity contribution in [1.29, 1.82) is 0 Å². The number of sulfonamides is 1. The first-order chi connectivity index (χ1) is 20.1. The molecule has 1 aliphatic heterocycles. The van der Waals surface area contributed by atoms with Crippen LogP contribution in [0.3, 0.4) is 0 Å². The van der Waals surface area contributed by atoms with Crippen LogP contribution in [0, 0.1) is 0 Å². The summed E-state index contributed by atoms with van der Waals surface area (Å²) < 4.78 is 33.4. The third-order valence-corrected chi connectivity index (χ3v) is 8.36. The first-order valence-electron chi connectivity index (χ1n) is 14.3. The average molecular weight is 632 g/mol. The number of ether oxygens (including phenoxy) is 1. The second kappa shape index (κ2) is 11.5. The van der Waals surface area contributed by atoms with Gasteiger partial charge in [0, 0.05) is 43.0 Å². The molecule has 0 bridgehead atoms. The Labute approximate surface area is 256 Å². The molecule has 2 N–H and O–H groups in total. The second-order valence-electron chi connectivity index (χ2n) is 12.4. The number of halogens is 1. The van der Waals surface area contributed by atoms with Gasteiger partial charge in [-0.1, -0.05) is 11.6 Å². The quantitative estimate of drug-likeness (QED) is 0.369. The number of fused-ring (bicyclic) bond motifs is 1. The number of amides is 2. The number of aromatic nitrogens is 3. The third-order valence-electron chi connectivity index (χ3n) is 7.54. The van der Waals surface area contributed by atoms with E-state index in [2.05, 4.69) is 14.9 Å². The van der Waals surface area contributed by atoms with Crippen LogP contribution in [0.15, 0.2) is 30.5 Å². The molecule has 1 saturated heterocycles. The summed E-state index contributed by atoms with van der Waals surface area (Å²) in [5.41, 5.74) is 2.12. The lowest BCUT2D eigenvalue weighted by atomic mass is 10.1. The molecule has 2 atom stereocenters. The van der Waals surface area contributed by atoms with E-state index in [1.807, 2.05) is 40.0 Å². The molecule has 2 amide bonds. The molecule has 14 heteroatoms. The predicted molar refractivity (Wildman–Crippen MR) is 165 cm³/mol. The zero-order valence-electron chi connectivity index (χ0n) is 25.2. The summed E-state index contributed by atoms with van der Waals surface area (Å²) >= 11 is 6.16. The van der Waals surface area contributed by atoms with Gasteiger partial charge in [0.05, 0.1) is 35.3 Å². The molecule has 3 heterocycles. The second-order valence-corrected chi connectivity index (χ2v) is 14.6. The van der Waals surface area contributed by atoms with Gasteiger partial charge in [-0.25, -0.2) is 22.7 Å². The van der Waals surface area contributed by atoms with Gasteiger partial charge in [0.15, 0.2) is 5.65 Å². The van der Waals surface area contributed by atoms with Gasteiger partial charge >= 0.3 is 6.09 Å². The highest BCUT2D eigenvalue weighted by molar-refractivity contribution is 7.92. The lowest BCUT2D eigenvalue weighted by Gasteiger charge is -2.24. The van der Waals surface area contributed by atoms with E-state index in [0.717, 1.165) is 43.4 Å². The minimum absolute atomic E-state index is 0.0475. The fourth-order valence-corrected chi connectivity index (χ4v) is 5.92. The maximum Gasteiger partial charge on any atom is 0.407 e. The molecule has 43 heavy (non-hydrogen) atoms. The number of carbonyl (C=O) groups excluding carboxylic acids is 2. The summed E-state index contributed by atoms with van der Waals surface area (Å²) in [4.78, 5) is 34.6. The minimum atomic E-state index is -3.61. The van der Waals surface area contributed by atoms with Crippen molar-refractivity contribution in [2.45, 2.75) is 70.6 Å². The minimum Gasteiger partial charge on any atom is -0.444 e. The molecule has 0 spiro atoms. The zero-order valence-corrected chi connectivity index (χ0v) is 26.8. The highest BCUT2D eigenvalue weighted by Crippen LogP contribution is 2.44. The van der Waals surface area contributed by atoms with E-state index < -0.39 is 33.7 Å². The fraction of sp³-hybridized carbons (Fsp3) is 0.517. The monoisotopic (exact) mass is 631 g/mol. The molecule has 1 saturated carbocycles. The molecule has 3 aromatic rings. The van der Waals surface area contributed by atoms with Crippen LogP contribution in [0.25, 0.3) is 5.65 Å². The van der Waals surface area contributed by atoms with E-state index in [9.17, 15) is 18.0 Å². The molecular weight excluding hydrogens is 594 g/mol. The van der Waals surface area contributed by atoms with Gasteiger partial charge in [-0.05, 0) is 71.1 Å². The number of anilines is 2. The molecule has 5 rings (SSSR count). The molecule has 232 valence electrons. The summed E-state index contributed by atoms with van der Waals surface area (Å²) in [7, 11) is -1.98. The Kier molecular flexibility index (Phi) is 8.25. The summed E-state index contributed by atoms with van der Waals surface area (Å²) in [6, 6.07) is 5.79. The van der Waals surface area contributed by atoms with Crippen molar-refractivity contribution in [2.24, 2.45) is 0 Å². The van der Waals surface area contributed by atoms with E-state index in [0.29, 0.717) is 28.8 Å². The first-order valence-corrected chi connectivity index (χ1v) is 16.5. The molecule has 0 unspecified atom stereocenters. The van der Waals surface area contributed by atoms with Crippen LogP contribution in [-0.2, 0) is 14.8 Å². The SMILES string of the molecule is C[C@@H](c1cc2nc(N3CC[C@H](NC(=O)OC(C)(C)C)C3)c(C3CC3)cn2n1)N(C)C(=O)c1cc(Cl)ccc1NS(C)(=O)=O. The highest BCUT2D eigenvalue weighted by atomic mass is 35.5. The van der Waals surface area contributed by atoms with Crippen molar-refractivity contribution in [2.75, 3.05) is 36.0 Å². The largest absolute Gasteiger partial charge is 0.444 e. The molecule has 1 aromatic carbocycles. The molecule has 2 fully saturated rings. The topological polar surface area (TPSA) is 138 Å². The Hall–Kier alpha value is -3.58. The number of alkyl carbamates (subject to hydrolysis) is 1. The van der Waals surface area contributed by atoms with E-state index in [-0.39, 0.29) is 17.3 Å². The van der Waals surface area contributed by atoms with Gasteiger partial charge in [-0.15, -0.1) is 0 Å². The maximum absolute atomic E-state index is 13.5. The third kappa shape index (κ3) is 7.32. The van der Waals surface area contributed by atoms with Crippen LogP contribution in [-0.4, -0.2) is 78.0 Å². The standard InChI is InChI=1S/C29H38ClN7O5S/c1-17(35(5)27(38)21-13-19(30)9-10-23(21)34-43(6,40)41)24-14-25-32-26(22(18-7-8-18)16-37(25)33-24)36-12-11-20(15-36)31-28(39)42-29(2,3)4/h9-10,13-14,16-18,20,34H,7-8,11-12,15H2,1-6H3,(H,31,39)/t17-,20-/m0/s1. The Morgan fingerprint density at radius 1 is 1.19 bits per heavy atom. The predicted octanol–water partition coefficient (Wildman–Crippen LogP) is 4.57. The molecule has 0 radical (unpaired) electrons. The Morgan fingerprint density at radius 2 is 1.91 bits per heavy atom. The number of rotatable bonds is 8. The lowest BCUT2D eigenvalue weighted by Crippen LogP contribution is -2.40. The van der Waals surface area contributed by atoms with Crippen molar-refractivity contribution in [3.05, 3.63) is 52.3 Å². The van der Waals surface area contributed by atoms with Gasteiger partial charge in [0.1, 0.15) is 11.4 Å². The maximum atomic E-state index is 13.5. The van der Waals surface area contributed by atoms with Crippen molar-refractivity contribution >= 4 is 50.8 Å². The van der Waals surface area contributed by atoms with E-state index >= 15 is 0 Å². The number of hydrogen-bond acceptors (Lipinski definition) is 8. The average Bonchev–Trinajstić information content (AvgIpc) is 3.50. The Bertz CT molecular complexity index is 1670. The Morgan fingerprint density at radius 3 is 2.56 bits per heavy atom. The van der Waals surface area contributed by atoms with Crippen LogP contribution in [0.4, 0.5) is 16.3 Å². The van der Waals surface area contributed by atoms with Gasteiger partial charge in [0.2, 0.25) is 10.0 Å². The molecule has 1 aliphatic carbocycles. The number of nitrogens with one attached hydrogen (secondary N) is 2. The van der Waals surface area contributed by atoms with E-state index in [1.54, 1.807) is 11.6 Å². The Balaban J connectivity index is 1.37. The van der Waals surface area contributed by atoms with Crippen molar-refractivity contribution < 1.29 is 22.7 Å². The van der Waals surface area contributed by atoms with Gasteiger partial charge in [0.25, 0.3) is 5.91 Å². The van der Waals surface area contributed by atoms with Gasteiger partial charge in [-0.2, -0.15) is 5.10 Å². The zero-order chi connectivity index (χ0) is 31.3. The number of benzene rings is 1. The van der Waals surface area contributed by atoms with E-state index in [4.69, 9.17) is 26.4 Å². The number of carbonyl (C=O) groups is 2. The summed E-state index contributed by atoms with van der Waals surface area (Å²) in [5.74, 6) is 0.885. The van der Waals surface area contributed by atoms with Crippen LogP contribution >= 0.6 is 11.6 Å². The van der Waals surface area contributed by atoms with Crippen molar-refractivity contribution in [3.63, 3.8) is 0 Å². The number of hydrogen-bond donors (Lipinski definition) is 2. The normalized spacial score (nSPS) is 18.0. The van der Waals surface area contributed by atoms with Gasteiger partial charge < -0.3 is 19.9 Å². The molecule has 2 aromatic heterocycles. The van der Waals surface area contributed by atoms with Crippen LogP contribution in [0.2, 0.25) is 5.02 Å². The number of nitrogens with zero attached hydrogens (tertiary/aromatic N) is 5. The summed E-state index contributed by atoms with van der Waals surface area (Å²) in [6.07, 6.45) is 5.57. The van der Waals surface area contributed by atoms with Crippen LogP contribution in [0.1, 0.15) is 80.5 Å². The summed E-state index contributed by atoms with van der Waals surface area (Å²) in [5, 5.41) is 8.06. The van der Waals surface area contributed by atoms with E-state index in [1.165, 1.54) is 23.1 Å². The first kappa shape index (κ1) is 30.9. The summed E-state index contributed by atoms with van der Waals surface area (Å²) in [6.45, 7) is 8.75. The van der Waals surface area contributed by atoms with Crippen molar-refractivity contribution in [1.82, 2.24) is 24.8 Å². The van der Waals surface area contributed by atoms with Crippen molar-refractivity contribution in [3.8, 4) is 0 Å². The van der Waals surface area contributed by atoms with Crippen LogP contribution in [0.5, 0.6) is 0 Å². The van der Waals surface area contributed by atoms with Gasteiger partial charge in [-0.3, -0.25) is 9.52 Å². The highest BCUT2D eigenvalue weighted by Gasteiger charge is 2.34. The fourth-order valence-electron chi connectivity index (χ4n) is 5.17.